The average molecular weight is 338 g/mol. The molecule has 3 rings (SSSR count). The Morgan fingerprint density at radius 2 is 2.00 bits per heavy atom. The Bertz CT molecular complexity index is 535. The Labute approximate surface area is 126 Å². The second-order valence-corrected chi connectivity index (χ2v) is 6.51. The Hall–Kier alpha value is -1.20. The molecule has 0 saturated carbocycles. The third-order valence-corrected chi connectivity index (χ3v) is 4.73. The van der Waals surface area contributed by atoms with Gasteiger partial charge in [-0.2, -0.15) is 0 Å². The molecule has 2 fully saturated rings. The van der Waals surface area contributed by atoms with Crippen LogP contribution in [-0.2, 0) is 14.3 Å². The van der Waals surface area contributed by atoms with Gasteiger partial charge in [0.15, 0.2) is 0 Å². The van der Waals surface area contributed by atoms with E-state index in [1.54, 1.807) is 0 Å². The molecule has 0 aliphatic carbocycles. The Morgan fingerprint density at radius 3 is 2.65 bits per heavy atom. The number of hydrogen-bond acceptors (Lipinski definition) is 3. The van der Waals surface area contributed by atoms with Crippen molar-refractivity contribution in [2.45, 2.75) is 25.2 Å². The van der Waals surface area contributed by atoms with Crippen LogP contribution in [0, 0.1) is 5.41 Å². The second-order valence-electron chi connectivity index (χ2n) is 5.59. The van der Waals surface area contributed by atoms with Crippen LogP contribution in [-0.4, -0.2) is 25.0 Å². The van der Waals surface area contributed by atoms with E-state index in [1.165, 1.54) is 0 Å². The number of carbonyl (C=O) groups is 2. The molecule has 2 aliphatic heterocycles. The molecule has 1 N–H and O–H groups in total. The Kier molecular flexibility index (Phi) is 3.65. The van der Waals surface area contributed by atoms with Crippen molar-refractivity contribution in [3.63, 3.8) is 0 Å². The number of halogens is 1. The van der Waals surface area contributed by atoms with Crippen LogP contribution in [0.3, 0.4) is 0 Å². The summed E-state index contributed by atoms with van der Waals surface area (Å²) >= 11 is 3.40. The number of ether oxygens (including phenoxy) is 1. The van der Waals surface area contributed by atoms with E-state index in [2.05, 4.69) is 21.2 Å². The van der Waals surface area contributed by atoms with Gasteiger partial charge in [0.05, 0.1) is 12.5 Å². The average Bonchev–Trinajstić information content (AvgIpc) is 2.41. The number of rotatable bonds is 1. The first-order valence-electron chi connectivity index (χ1n) is 6.78. The monoisotopic (exact) mass is 337 g/mol. The zero-order valence-corrected chi connectivity index (χ0v) is 12.6. The highest BCUT2D eigenvalue weighted by molar-refractivity contribution is 9.10. The lowest BCUT2D eigenvalue weighted by Crippen LogP contribution is -2.53. The highest BCUT2D eigenvalue weighted by Gasteiger charge is 2.50. The molecule has 106 valence electrons. The minimum absolute atomic E-state index is 0.186. The maximum absolute atomic E-state index is 12.4. The summed E-state index contributed by atoms with van der Waals surface area (Å²) < 4.78 is 6.57. The summed E-state index contributed by atoms with van der Waals surface area (Å²) in [5.74, 6) is -0.698. The summed E-state index contributed by atoms with van der Waals surface area (Å²) in [5.41, 5.74) is 0.564. The molecule has 4 nitrogen and oxygen atoms in total. The summed E-state index contributed by atoms with van der Waals surface area (Å²) in [6.45, 7) is 1.19. The van der Waals surface area contributed by atoms with Gasteiger partial charge >= 0.3 is 0 Å². The highest BCUT2D eigenvalue weighted by atomic mass is 79.9. The van der Waals surface area contributed by atoms with Gasteiger partial charge in [-0.15, -0.1) is 0 Å². The number of imide groups is 1. The molecule has 0 bridgehead atoms. The molecule has 0 aromatic heterocycles. The molecule has 1 spiro atoms. The third-order valence-electron chi connectivity index (χ3n) is 4.21. The maximum Gasteiger partial charge on any atom is 0.234 e. The van der Waals surface area contributed by atoms with Crippen molar-refractivity contribution < 1.29 is 14.3 Å². The molecular weight excluding hydrogens is 322 g/mol. The molecule has 1 aromatic rings. The van der Waals surface area contributed by atoms with Crippen molar-refractivity contribution in [2.75, 3.05) is 13.2 Å². The first-order chi connectivity index (χ1) is 9.61. The van der Waals surface area contributed by atoms with E-state index in [1.807, 2.05) is 24.3 Å². The first-order valence-corrected chi connectivity index (χ1v) is 7.57. The van der Waals surface area contributed by atoms with Crippen LogP contribution in [0.1, 0.15) is 30.7 Å². The molecule has 2 aliphatic rings. The van der Waals surface area contributed by atoms with E-state index in [4.69, 9.17) is 4.74 Å². The van der Waals surface area contributed by atoms with Crippen LogP contribution in [0.4, 0.5) is 0 Å². The van der Waals surface area contributed by atoms with Crippen molar-refractivity contribution in [3.8, 4) is 0 Å². The molecular formula is C15H16BrNO3. The largest absolute Gasteiger partial charge is 0.381 e. The van der Waals surface area contributed by atoms with Crippen LogP contribution in [0.2, 0.25) is 0 Å². The van der Waals surface area contributed by atoms with Gasteiger partial charge in [-0.1, -0.05) is 28.1 Å². The number of carbonyl (C=O) groups excluding carboxylic acids is 2. The lowest BCUT2D eigenvalue weighted by Gasteiger charge is -2.44. The van der Waals surface area contributed by atoms with Gasteiger partial charge in [0, 0.05) is 22.9 Å². The number of benzene rings is 1. The van der Waals surface area contributed by atoms with E-state index in [0.29, 0.717) is 19.6 Å². The van der Waals surface area contributed by atoms with Gasteiger partial charge in [0.25, 0.3) is 0 Å². The molecule has 20 heavy (non-hydrogen) atoms. The predicted molar refractivity (Wildman–Crippen MR) is 77.1 cm³/mol. The topological polar surface area (TPSA) is 55.4 Å². The lowest BCUT2D eigenvalue weighted by atomic mass is 9.64. The molecule has 2 amide bonds. The van der Waals surface area contributed by atoms with Crippen molar-refractivity contribution in [3.05, 3.63) is 34.3 Å². The van der Waals surface area contributed by atoms with Gasteiger partial charge in [-0.3, -0.25) is 14.9 Å². The summed E-state index contributed by atoms with van der Waals surface area (Å²) in [6.07, 6.45) is 2.11. The number of hydrogen-bond donors (Lipinski definition) is 1. The Balaban J connectivity index is 2.01. The van der Waals surface area contributed by atoms with Crippen LogP contribution in [0.5, 0.6) is 0 Å². The van der Waals surface area contributed by atoms with E-state index in [9.17, 15) is 9.59 Å². The summed E-state index contributed by atoms with van der Waals surface area (Å²) in [7, 11) is 0. The quantitative estimate of drug-likeness (QED) is 0.800. The lowest BCUT2D eigenvalue weighted by molar-refractivity contribution is -0.146. The van der Waals surface area contributed by atoms with E-state index < -0.39 is 0 Å². The molecule has 2 saturated heterocycles. The highest BCUT2D eigenvalue weighted by Crippen LogP contribution is 2.47. The molecule has 0 radical (unpaired) electrons. The SMILES string of the molecule is O=C1CC2(CCCOC2)C(c2ccc(Br)cc2)C(=O)N1. The van der Waals surface area contributed by atoms with Gasteiger partial charge in [0.1, 0.15) is 0 Å². The fourth-order valence-corrected chi connectivity index (χ4v) is 3.62. The van der Waals surface area contributed by atoms with Gasteiger partial charge in [0.2, 0.25) is 11.8 Å². The molecule has 2 atom stereocenters. The van der Waals surface area contributed by atoms with Gasteiger partial charge in [-0.25, -0.2) is 0 Å². The first kappa shape index (κ1) is 13.8. The minimum atomic E-state index is -0.383. The number of piperidine rings is 1. The zero-order chi connectivity index (χ0) is 14.2. The Morgan fingerprint density at radius 1 is 1.25 bits per heavy atom. The fraction of sp³-hybridized carbons (Fsp3) is 0.467. The molecule has 2 unspecified atom stereocenters. The minimum Gasteiger partial charge on any atom is -0.381 e. The zero-order valence-electron chi connectivity index (χ0n) is 11.0. The van der Waals surface area contributed by atoms with Crippen molar-refractivity contribution >= 4 is 27.7 Å². The maximum atomic E-state index is 12.4. The molecule has 2 heterocycles. The van der Waals surface area contributed by atoms with Crippen molar-refractivity contribution in [1.82, 2.24) is 5.32 Å². The van der Waals surface area contributed by atoms with Crippen molar-refractivity contribution in [1.29, 1.82) is 0 Å². The van der Waals surface area contributed by atoms with Gasteiger partial charge < -0.3 is 4.74 Å². The molecule has 1 aromatic carbocycles. The summed E-state index contributed by atoms with van der Waals surface area (Å²) in [6, 6.07) is 7.74. The number of nitrogens with one attached hydrogen (secondary N) is 1. The van der Waals surface area contributed by atoms with E-state index >= 15 is 0 Å². The summed E-state index contributed by atoms with van der Waals surface area (Å²) in [5, 5.41) is 2.47. The standard InChI is InChI=1S/C15H16BrNO3/c16-11-4-2-10(3-5-11)13-14(19)17-12(18)8-15(13)6-1-7-20-9-15/h2-5,13H,1,6-9H2,(H,17,18,19). The van der Waals surface area contributed by atoms with Crippen molar-refractivity contribution in [2.24, 2.45) is 5.41 Å². The third kappa shape index (κ3) is 2.40. The normalized spacial score (nSPS) is 30.4. The second kappa shape index (κ2) is 5.30. The van der Waals surface area contributed by atoms with Crippen LogP contribution in [0.15, 0.2) is 28.7 Å². The smallest absolute Gasteiger partial charge is 0.234 e. The van der Waals surface area contributed by atoms with Crippen LogP contribution in [0.25, 0.3) is 0 Å². The molecule has 5 heteroatoms. The van der Waals surface area contributed by atoms with Crippen LogP contribution >= 0.6 is 15.9 Å². The summed E-state index contributed by atoms with van der Waals surface area (Å²) in [4.78, 5) is 24.1. The van der Waals surface area contributed by atoms with E-state index in [0.717, 1.165) is 22.9 Å². The van der Waals surface area contributed by atoms with Crippen LogP contribution < -0.4 is 5.32 Å². The predicted octanol–water partition coefficient (Wildman–Crippen LogP) is 2.38. The fourth-order valence-electron chi connectivity index (χ4n) is 3.35. The number of amides is 2. The van der Waals surface area contributed by atoms with E-state index in [-0.39, 0.29) is 23.1 Å². The van der Waals surface area contributed by atoms with Gasteiger partial charge in [-0.05, 0) is 30.5 Å².